The molecular weight excluding hydrogens is 246 g/mol. The van der Waals surface area contributed by atoms with Gasteiger partial charge in [0.05, 0.1) is 12.5 Å². The first-order valence-corrected chi connectivity index (χ1v) is 6.27. The van der Waals surface area contributed by atoms with Gasteiger partial charge in [0.15, 0.2) is 0 Å². The van der Waals surface area contributed by atoms with Crippen molar-refractivity contribution in [1.82, 2.24) is 5.32 Å². The Morgan fingerprint density at radius 2 is 2.00 bits per heavy atom. The molecule has 0 aliphatic rings. The highest BCUT2D eigenvalue weighted by Crippen LogP contribution is 2.25. The van der Waals surface area contributed by atoms with Gasteiger partial charge < -0.3 is 14.8 Å². The van der Waals surface area contributed by atoms with E-state index in [1.807, 2.05) is 26.0 Å². The van der Waals surface area contributed by atoms with Crippen LogP contribution in [0.1, 0.15) is 51.2 Å². The molecule has 106 valence electrons. The van der Waals surface area contributed by atoms with Gasteiger partial charge in [0.1, 0.15) is 11.5 Å². The van der Waals surface area contributed by atoms with Crippen LogP contribution in [0.2, 0.25) is 0 Å². The van der Waals surface area contributed by atoms with Crippen LogP contribution in [0.3, 0.4) is 0 Å². The first kappa shape index (κ1) is 15.3. The predicted molar refractivity (Wildman–Crippen MR) is 70.7 cm³/mol. The Morgan fingerprint density at radius 1 is 1.37 bits per heavy atom. The Morgan fingerprint density at radius 3 is 2.47 bits per heavy atom. The summed E-state index contributed by atoms with van der Waals surface area (Å²) >= 11 is 0. The monoisotopic (exact) mass is 267 g/mol. The number of carbonyl (C=O) groups is 2. The second-order valence-electron chi connectivity index (χ2n) is 5.65. The molecule has 0 aliphatic heterocycles. The van der Waals surface area contributed by atoms with E-state index < -0.39 is 11.4 Å². The number of hydrogen-bond acceptors (Lipinski definition) is 3. The van der Waals surface area contributed by atoms with E-state index in [-0.39, 0.29) is 24.8 Å². The van der Waals surface area contributed by atoms with Crippen molar-refractivity contribution >= 4 is 11.9 Å². The molecule has 0 bridgehead atoms. The van der Waals surface area contributed by atoms with Gasteiger partial charge in [0.25, 0.3) is 0 Å². The van der Waals surface area contributed by atoms with Gasteiger partial charge in [0, 0.05) is 6.42 Å². The number of carbonyl (C=O) groups excluding carboxylic acids is 1. The number of carboxylic acids is 1. The second kappa shape index (κ2) is 5.91. The number of hydrogen-bond donors (Lipinski definition) is 2. The maximum absolute atomic E-state index is 11.9. The van der Waals surface area contributed by atoms with E-state index in [0.717, 1.165) is 5.76 Å². The molecule has 1 heterocycles. The zero-order valence-electron chi connectivity index (χ0n) is 11.8. The van der Waals surface area contributed by atoms with Crippen molar-refractivity contribution in [3.8, 4) is 0 Å². The smallest absolute Gasteiger partial charge is 0.303 e. The molecular formula is C14H21NO4. The summed E-state index contributed by atoms with van der Waals surface area (Å²) in [5, 5.41) is 11.6. The van der Waals surface area contributed by atoms with Crippen LogP contribution >= 0.6 is 0 Å². The van der Waals surface area contributed by atoms with Gasteiger partial charge in [-0.05, 0) is 31.4 Å². The minimum atomic E-state index is -0.896. The van der Waals surface area contributed by atoms with Gasteiger partial charge in [-0.2, -0.15) is 0 Å². The topological polar surface area (TPSA) is 79.5 Å². The molecule has 1 atom stereocenters. The maximum Gasteiger partial charge on any atom is 0.303 e. The number of nitrogens with one attached hydrogen (secondary N) is 1. The minimum absolute atomic E-state index is 0.0331. The second-order valence-corrected chi connectivity index (χ2v) is 5.65. The van der Waals surface area contributed by atoms with Crippen molar-refractivity contribution in [3.63, 3.8) is 0 Å². The SMILES string of the molecule is Cc1ccc([C@H](C)NC(=O)CC(C)(C)CC(=O)O)o1. The molecule has 0 saturated carbocycles. The lowest BCUT2D eigenvalue weighted by molar-refractivity contribution is -0.139. The molecule has 0 saturated heterocycles. The number of rotatable bonds is 6. The van der Waals surface area contributed by atoms with E-state index in [9.17, 15) is 9.59 Å². The quantitative estimate of drug-likeness (QED) is 0.830. The lowest BCUT2D eigenvalue weighted by Gasteiger charge is -2.22. The predicted octanol–water partition coefficient (Wildman–Crippen LogP) is 2.66. The van der Waals surface area contributed by atoms with Gasteiger partial charge in [-0.3, -0.25) is 9.59 Å². The number of aliphatic carboxylic acids is 1. The van der Waals surface area contributed by atoms with Crippen molar-refractivity contribution in [2.24, 2.45) is 5.41 Å². The molecule has 1 aromatic heterocycles. The number of aryl methyl sites for hydroxylation is 1. The van der Waals surface area contributed by atoms with Gasteiger partial charge >= 0.3 is 5.97 Å². The van der Waals surface area contributed by atoms with Gasteiger partial charge in [-0.1, -0.05) is 13.8 Å². The van der Waals surface area contributed by atoms with E-state index in [0.29, 0.717) is 5.76 Å². The molecule has 5 nitrogen and oxygen atoms in total. The highest BCUT2D eigenvalue weighted by atomic mass is 16.4. The summed E-state index contributed by atoms with van der Waals surface area (Å²) in [6, 6.07) is 3.44. The Labute approximate surface area is 113 Å². The third-order valence-corrected chi connectivity index (χ3v) is 2.83. The fraction of sp³-hybridized carbons (Fsp3) is 0.571. The third kappa shape index (κ3) is 5.16. The summed E-state index contributed by atoms with van der Waals surface area (Å²) < 4.78 is 5.43. The van der Waals surface area contributed by atoms with Crippen molar-refractivity contribution in [1.29, 1.82) is 0 Å². The standard InChI is InChI=1S/C14H21NO4/c1-9-5-6-11(19-9)10(2)15-12(16)7-14(3,4)8-13(17)18/h5-6,10H,7-8H2,1-4H3,(H,15,16)(H,17,18)/t10-/m0/s1. The maximum atomic E-state index is 11.9. The number of furan rings is 1. The first-order valence-electron chi connectivity index (χ1n) is 6.27. The Bertz CT molecular complexity index is 462. The highest BCUT2D eigenvalue weighted by Gasteiger charge is 2.26. The molecule has 19 heavy (non-hydrogen) atoms. The zero-order chi connectivity index (χ0) is 14.6. The largest absolute Gasteiger partial charge is 0.481 e. The molecule has 1 amide bonds. The normalized spacial score (nSPS) is 13.1. The summed E-state index contributed by atoms with van der Waals surface area (Å²) in [6.07, 6.45) is 0.137. The fourth-order valence-corrected chi connectivity index (χ4v) is 1.96. The van der Waals surface area contributed by atoms with Crippen LogP contribution in [-0.2, 0) is 9.59 Å². The van der Waals surface area contributed by atoms with Crippen molar-refractivity contribution in [2.45, 2.75) is 46.6 Å². The average Bonchev–Trinajstić information content (AvgIpc) is 2.61. The summed E-state index contributed by atoms with van der Waals surface area (Å²) in [5.41, 5.74) is -0.561. The Balaban J connectivity index is 2.53. The zero-order valence-corrected chi connectivity index (χ0v) is 11.8. The van der Waals surface area contributed by atoms with E-state index in [4.69, 9.17) is 9.52 Å². The molecule has 0 unspecified atom stereocenters. The van der Waals surface area contributed by atoms with Crippen LogP contribution in [-0.4, -0.2) is 17.0 Å². The molecule has 1 rings (SSSR count). The van der Waals surface area contributed by atoms with E-state index >= 15 is 0 Å². The summed E-state index contributed by atoms with van der Waals surface area (Å²) in [6.45, 7) is 7.21. The number of amides is 1. The lowest BCUT2D eigenvalue weighted by Crippen LogP contribution is -2.31. The van der Waals surface area contributed by atoms with Crippen LogP contribution in [0.5, 0.6) is 0 Å². The molecule has 1 aromatic rings. The van der Waals surface area contributed by atoms with E-state index in [1.165, 1.54) is 0 Å². The van der Waals surface area contributed by atoms with Gasteiger partial charge in [-0.15, -0.1) is 0 Å². The molecule has 0 aliphatic carbocycles. The minimum Gasteiger partial charge on any atom is -0.481 e. The molecule has 0 spiro atoms. The Hall–Kier alpha value is -1.78. The van der Waals surface area contributed by atoms with Crippen molar-refractivity contribution < 1.29 is 19.1 Å². The van der Waals surface area contributed by atoms with Crippen LogP contribution in [0, 0.1) is 12.3 Å². The summed E-state index contributed by atoms with van der Waals surface area (Å²) in [4.78, 5) is 22.6. The van der Waals surface area contributed by atoms with Crippen LogP contribution in [0.4, 0.5) is 0 Å². The summed E-state index contributed by atoms with van der Waals surface area (Å²) in [5.74, 6) is 0.421. The Kier molecular flexibility index (Phi) is 4.75. The first-order chi connectivity index (χ1) is 8.69. The van der Waals surface area contributed by atoms with Gasteiger partial charge in [0.2, 0.25) is 5.91 Å². The van der Waals surface area contributed by atoms with E-state index in [1.54, 1.807) is 13.8 Å². The average molecular weight is 267 g/mol. The third-order valence-electron chi connectivity index (χ3n) is 2.83. The molecule has 0 aromatic carbocycles. The van der Waals surface area contributed by atoms with Crippen molar-refractivity contribution in [3.05, 3.63) is 23.7 Å². The van der Waals surface area contributed by atoms with Gasteiger partial charge in [-0.25, -0.2) is 0 Å². The summed E-state index contributed by atoms with van der Waals surface area (Å²) in [7, 11) is 0. The van der Waals surface area contributed by atoms with Crippen molar-refractivity contribution in [2.75, 3.05) is 0 Å². The molecule has 0 radical (unpaired) electrons. The lowest BCUT2D eigenvalue weighted by atomic mass is 9.85. The number of carboxylic acid groups (broad SMARTS) is 1. The molecule has 5 heteroatoms. The molecule has 0 fully saturated rings. The van der Waals surface area contributed by atoms with E-state index in [2.05, 4.69) is 5.32 Å². The van der Waals surface area contributed by atoms with Crippen LogP contribution in [0.25, 0.3) is 0 Å². The highest BCUT2D eigenvalue weighted by molar-refractivity contribution is 5.78. The van der Waals surface area contributed by atoms with Crippen LogP contribution in [0.15, 0.2) is 16.5 Å². The fourth-order valence-electron chi connectivity index (χ4n) is 1.96. The molecule has 2 N–H and O–H groups in total. The van der Waals surface area contributed by atoms with Crippen LogP contribution < -0.4 is 5.32 Å².